The van der Waals surface area contributed by atoms with E-state index in [1.165, 1.54) is 4.90 Å². The average molecular weight is 573 g/mol. The number of nitrogens with one attached hydrogen (secondary N) is 3. The molecule has 6 rings (SSSR count). The van der Waals surface area contributed by atoms with Gasteiger partial charge in [-0.15, -0.1) is 12.4 Å². The van der Waals surface area contributed by atoms with Gasteiger partial charge in [0.2, 0.25) is 21.8 Å². The molecule has 0 aromatic heterocycles. The Bertz CT molecular complexity index is 1250. The molecule has 3 aliphatic carbocycles. The summed E-state index contributed by atoms with van der Waals surface area (Å²) in [6.45, 7) is 0.685. The second kappa shape index (κ2) is 9.29. The van der Waals surface area contributed by atoms with Crippen LogP contribution >= 0.6 is 24.0 Å². The van der Waals surface area contributed by atoms with E-state index in [0.29, 0.717) is 37.3 Å². The van der Waals surface area contributed by atoms with Gasteiger partial charge in [0.25, 0.3) is 0 Å². The zero-order chi connectivity index (χ0) is 25.4. The van der Waals surface area contributed by atoms with Gasteiger partial charge in [-0.3, -0.25) is 19.2 Å². The van der Waals surface area contributed by atoms with Crippen molar-refractivity contribution < 1.29 is 27.9 Å². The Morgan fingerprint density at radius 2 is 1.89 bits per heavy atom. The molecule has 5 aliphatic rings. The summed E-state index contributed by atoms with van der Waals surface area (Å²) in [5.41, 5.74) is 0.830. The number of carboxylic acid groups (broad SMARTS) is 1. The molecule has 3 amide bonds. The van der Waals surface area contributed by atoms with Gasteiger partial charge in [0.15, 0.2) is 0 Å². The summed E-state index contributed by atoms with van der Waals surface area (Å²) in [5.74, 6) is -0.758. The monoisotopic (exact) mass is 572 g/mol. The maximum atomic E-state index is 13.2. The lowest BCUT2D eigenvalue weighted by atomic mass is 9.90. The quantitative estimate of drug-likeness (QED) is 0.391. The Kier molecular flexibility index (Phi) is 6.66. The molecule has 4 N–H and O–H groups in total. The zero-order valence-corrected chi connectivity index (χ0v) is 22.4. The van der Waals surface area contributed by atoms with E-state index in [4.69, 9.17) is 11.6 Å². The number of fused-ring (bicyclic) bond motifs is 1. The lowest BCUT2D eigenvalue weighted by Gasteiger charge is -2.27. The third-order valence-corrected chi connectivity index (χ3v) is 10.7. The third kappa shape index (κ3) is 4.57. The summed E-state index contributed by atoms with van der Waals surface area (Å²) >= 11 is 6.33. The number of amides is 3. The second-order valence-corrected chi connectivity index (χ2v) is 13.2. The molecule has 1 aromatic rings. The van der Waals surface area contributed by atoms with Crippen LogP contribution in [0, 0.1) is 17.3 Å². The van der Waals surface area contributed by atoms with E-state index >= 15 is 0 Å². The molecule has 0 bridgehead atoms. The standard InChI is InChI=1S/C24H29ClN4O6S.ClH/c25-17-3-1-2-15-16(17)11-29(23(32)33)20(15)12-8-18(26-10-12)21(30)27-19-9-24(19,13-4-5-13)22(31)28-36(34,35)14-6-7-14;/h1-3,12-14,18-20,26H,4-11H2,(H,27,30)(H,28,31)(H,32,33);1H/t12-,18+,19-,20?,24+;/m1./s1. The molecule has 202 valence electrons. The van der Waals surface area contributed by atoms with Crippen LogP contribution in [-0.4, -0.2) is 60.2 Å². The predicted octanol–water partition coefficient (Wildman–Crippen LogP) is 2.17. The number of rotatable bonds is 7. The normalized spacial score (nSPS) is 32.3. The van der Waals surface area contributed by atoms with Gasteiger partial charge in [-0.1, -0.05) is 23.7 Å². The van der Waals surface area contributed by atoms with Gasteiger partial charge in [-0.05, 0) is 67.6 Å². The zero-order valence-electron chi connectivity index (χ0n) is 20.0. The van der Waals surface area contributed by atoms with Crippen molar-refractivity contribution in [3.8, 4) is 0 Å². The molecule has 4 fully saturated rings. The van der Waals surface area contributed by atoms with Gasteiger partial charge in [0.05, 0.1) is 29.3 Å². The first-order valence-corrected chi connectivity index (χ1v) is 14.4. The molecule has 1 saturated heterocycles. The van der Waals surface area contributed by atoms with Gasteiger partial charge < -0.3 is 15.7 Å². The minimum absolute atomic E-state index is 0. The van der Waals surface area contributed by atoms with E-state index in [0.717, 1.165) is 24.0 Å². The maximum Gasteiger partial charge on any atom is 0.408 e. The van der Waals surface area contributed by atoms with Gasteiger partial charge in [-0.25, -0.2) is 13.2 Å². The number of carbonyl (C=O) groups is 3. The summed E-state index contributed by atoms with van der Waals surface area (Å²) in [7, 11) is -3.65. The van der Waals surface area contributed by atoms with Crippen LogP contribution in [0.5, 0.6) is 0 Å². The van der Waals surface area contributed by atoms with Crippen LogP contribution in [0.3, 0.4) is 0 Å². The van der Waals surface area contributed by atoms with Crippen molar-refractivity contribution in [1.29, 1.82) is 0 Å². The number of sulfonamides is 1. The predicted molar refractivity (Wildman–Crippen MR) is 137 cm³/mol. The molecule has 2 heterocycles. The minimum Gasteiger partial charge on any atom is -0.465 e. The fourth-order valence-electron chi connectivity index (χ4n) is 6.26. The highest BCUT2D eigenvalue weighted by Gasteiger charge is 2.68. The van der Waals surface area contributed by atoms with Gasteiger partial charge in [0.1, 0.15) is 0 Å². The number of carbonyl (C=O) groups excluding carboxylic acids is 2. The number of hydrogen-bond acceptors (Lipinski definition) is 6. The highest BCUT2D eigenvalue weighted by Crippen LogP contribution is 2.61. The van der Waals surface area contributed by atoms with Crippen molar-refractivity contribution in [3.63, 3.8) is 0 Å². The number of halogens is 2. The van der Waals surface area contributed by atoms with Gasteiger partial charge in [-0.2, -0.15) is 0 Å². The van der Waals surface area contributed by atoms with Crippen LogP contribution in [0.15, 0.2) is 18.2 Å². The van der Waals surface area contributed by atoms with E-state index in [1.807, 2.05) is 12.1 Å². The molecular formula is C24H30Cl2N4O6S. The van der Waals surface area contributed by atoms with Crippen LogP contribution < -0.4 is 15.4 Å². The molecule has 5 atom stereocenters. The lowest BCUT2D eigenvalue weighted by Crippen LogP contribution is -2.46. The summed E-state index contributed by atoms with van der Waals surface area (Å²) in [4.78, 5) is 39.5. The van der Waals surface area contributed by atoms with Crippen molar-refractivity contribution in [2.24, 2.45) is 17.3 Å². The van der Waals surface area contributed by atoms with E-state index in [-0.39, 0.29) is 36.7 Å². The lowest BCUT2D eigenvalue weighted by molar-refractivity contribution is -0.126. The fourth-order valence-corrected chi connectivity index (χ4v) is 7.87. The van der Waals surface area contributed by atoms with Gasteiger partial charge >= 0.3 is 6.09 Å². The Balaban J connectivity index is 0.00000280. The van der Waals surface area contributed by atoms with E-state index in [1.54, 1.807) is 6.07 Å². The van der Waals surface area contributed by atoms with Crippen molar-refractivity contribution in [3.05, 3.63) is 34.3 Å². The summed E-state index contributed by atoms with van der Waals surface area (Å²) in [6.07, 6.45) is 2.70. The fraction of sp³-hybridized carbons (Fsp3) is 0.625. The molecule has 3 saturated carbocycles. The van der Waals surface area contributed by atoms with Crippen molar-refractivity contribution in [2.45, 2.75) is 68.4 Å². The second-order valence-electron chi connectivity index (χ2n) is 10.9. The molecule has 2 aliphatic heterocycles. The van der Waals surface area contributed by atoms with Crippen LogP contribution in [0.4, 0.5) is 4.79 Å². The first-order valence-electron chi connectivity index (χ1n) is 12.5. The highest BCUT2D eigenvalue weighted by atomic mass is 35.5. The molecule has 37 heavy (non-hydrogen) atoms. The van der Waals surface area contributed by atoms with Crippen molar-refractivity contribution in [2.75, 3.05) is 6.54 Å². The molecule has 0 radical (unpaired) electrons. The first-order chi connectivity index (χ1) is 17.1. The van der Waals surface area contributed by atoms with Crippen LogP contribution in [0.1, 0.15) is 55.7 Å². The Morgan fingerprint density at radius 1 is 1.16 bits per heavy atom. The minimum atomic E-state index is -3.65. The van der Waals surface area contributed by atoms with Crippen LogP contribution in [0.2, 0.25) is 5.02 Å². The topological polar surface area (TPSA) is 145 Å². The van der Waals surface area contributed by atoms with Crippen molar-refractivity contribution >= 4 is 51.9 Å². The molecule has 13 heteroatoms. The summed E-state index contributed by atoms with van der Waals surface area (Å²) in [5, 5.41) is 16.1. The van der Waals surface area contributed by atoms with Crippen LogP contribution in [0.25, 0.3) is 0 Å². The van der Waals surface area contributed by atoms with E-state index in [9.17, 15) is 27.9 Å². The molecule has 0 spiro atoms. The largest absolute Gasteiger partial charge is 0.465 e. The van der Waals surface area contributed by atoms with Gasteiger partial charge in [0, 0.05) is 17.6 Å². The molecule has 1 unspecified atom stereocenters. The van der Waals surface area contributed by atoms with Crippen molar-refractivity contribution in [1.82, 2.24) is 20.3 Å². The highest BCUT2D eigenvalue weighted by molar-refractivity contribution is 7.90. The Morgan fingerprint density at radius 3 is 2.54 bits per heavy atom. The van der Waals surface area contributed by atoms with Crippen LogP contribution in [-0.2, 0) is 26.2 Å². The molecule has 10 nitrogen and oxygen atoms in total. The molecular weight excluding hydrogens is 543 g/mol. The number of benzene rings is 1. The van der Waals surface area contributed by atoms with E-state index in [2.05, 4.69) is 15.4 Å². The number of hydrogen-bond donors (Lipinski definition) is 4. The Hall–Kier alpha value is -2.08. The summed E-state index contributed by atoms with van der Waals surface area (Å²) in [6, 6.07) is 4.14. The average Bonchev–Trinajstić information content (AvgIpc) is 3.71. The van der Waals surface area contributed by atoms with E-state index < -0.39 is 50.8 Å². The summed E-state index contributed by atoms with van der Waals surface area (Å²) < 4.78 is 26.9. The third-order valence-electron chi connectivity index (χ3n) is 8.56. The molecule has 1 aromatic carbocycles. The Labute approximate surface area is 226 Å². The smallest absolute Gasteiger partial charge is 0.408 e. The number of nitrogens with zero attached hydrogens (tertiary/aromatic N) is 1. The maximum absolute atomic E-state index is 13.2. The SMILES string of the molecule is Cl.O=C(N[C@@H]1C[C@]1(C(=O)NS(=O)(=O)C1CC1)C1CC1)[C@@H]1C[C@@H](C2c3cccc(Cl)c3CN2C(=O)O)CN1. The first kappa shape index (κ1) is 26.5.